The van der Waals surface area contributed by atoms with Gasteiger partial charge in [0.05, 0.1) is 7.11 Å². The Morgan fingerprint density at radius 2 is 1.81 bits per heavy atom. The number of hydrogen-bond donors (Lipinski definition) is 2. The molecule has 0 aliphatic heterocycles. The number of hydrazine groups is 1. The van der Waals surface area contributed by atoms with E-state index >= 15 is 0 Å². The molecule has 0 saturated heterocycles. The summed E-state index contributed by atoms with van der Waals surface area (Å²) in [5.41, 5.74) is 3.83. The van der Waals surface area contributed by atoms with Gasteiger partial charge in [0, 0.05) is 27.8 Å². The van der Waals surface area contributed by atoms with E-state index in [-0.39, 0.29) is 11.1 Å². The number of nitrogens with one attached hydrogen (secondary N) is 2. The molecule has 0 saturated carbocycles. The van der Waals surface area contributed by atoms with Crippen LogP contribution in [-0.2, 0) is 0 Å². The number of carbonyl (C=O) groups excluding carboxylic acids is 2. The number of nitrogens with zero attached hydrogens (tertiary/aromatic N) is 1. The van der Waals surface area contributed by atoms with Gasteiger partial charge in [-0.2, -0.15) is 0 Å². The van der Waals surface area contributed by atoms with Gasteiger partial charge in [0.15, 0.2) is 11.3 Å². The van der Waals surface area contributed by atoms with Crippen LogP contribution in [0.3, 0.4) is 0 Å². The first-order valence-electron chi connectivity index (χ1n) is 7.31. The Hall–Kier alpha value is -3.20. The van der Waals surface area contributed by atoms with Gasteiger partial charge in [-0.1, -0.05) is 15.9 Å². The first-order chi connectivity index (χ1) is 12.5. The number of amides is 2. The maximum absolute atomic E-state index is 12.2. The number of rotatable bonds is 3. The Morgan fingerprint density at radius 3 is 2.50 bits per heavy atom. The van der Waals surface area contributed by atoms with Crippen LogP contribution in [0.2, 0.25) is 0 Å². The lowest BCUT2D eigenvalue weighted by Gasteiger charge is -2.08. The highest BCUT2D eigenvalue weighted by atomic mass is 79.9. The minimum absolute atomic E-state index is 0.220. The summed E-state index contributed by atoms with van der Waals surface area (Å²) >= 11 is 3.32. The van der Waals surface area contributed by atoms with Gasteiger partial charge in [-0.25, -0.2) is 4.79 Å². The molecule has 2 aromatic heterocycles. The fourth-order valence-corrected chi connectivity index (χ4v) is 2.69. The van der Waals surface area contributed by atoms with Gasteiger partial charge in [0.2, 0.25) is 0 Å². The van der Waals surface area contributed by atoms with Gasteiger partial charge >= 0.3 is 5.63 Å². The highest BCUT2D eigenvalue weighted by molar-refractivity contribution is 9.10. The highest BCUT2D eigenvalue weighted by Gasteiger charge is 2.17. The summed E-state index contributed by atoms with van der Waals surface area (Å²) < 4.78 is 11.1. The number of halogens is 1. The van der Waals surface area contributed by atoms with Crippen molar-refractivity contribution in [1.29, 1.82) is 0 Å². The van der Waals surface area contributed by atoms with E-state index in [4.69, 9.17) is 9.15 Å². The molecule has 0 unspecified atom stereocenters. The predicted molar refractivity (Wildman–Crippen MR) is 95.9 cm³/mol. The molecular formula is C17H12BrN3O5. The molecule has 0 aliphatic rings. The standard InChI is InChI=1S/C17H12BrN3O5/c1-25-13-8-11(18)6-10-7-12(17(24)26-14(10)13)16(23)21-20-15(22)9-2-4-19-5-3-9/h2-8H,1H3,(H,20,22)(H,21,23). The number of ether oxygens (including phenoxy) is 1. The van der Waals surface area contributed by atoms with Crippen molar-refractivity contribution in [2.24, 2.45) is 0 Å². The molecule has 3 rings (SSSR count). The average Bonchev–Trinajstić information content (AvgIpc) is 2.65. The second kappa shape index (κ2) is 7.36. The van der Waals surface area contributed by atoms with Crippen molar-refractivity contribution in [3.8, 4) is 5.75 Å². The zero-order valence-electron chi connectivity index (χ0n) is 13.4. The Balaban J connectivity index is 1.85. The molecular weight excluding hydrogens is 406 g/mol. The van der Waals surface area contributed by atoms with Crippen molar-refractivity contribution >= 4 is 38.7 Å². The highest BCUT2D eigenvalue weighted by Crippen LogP contribution is 2.29. The number of aromatic nitrogens is 1. The molecule has 3 aromatic rings. The number of pyridine rings is 1. The van der Waals surface area contributed by atoms with Gasteiger partial charge in [-0.3, -0.25) is 25.4 Å². The van der Waals surface area contributed by atoms with Crippen molar-refractivity contribution in [1.82, 2.24) is 15.8 Å². The van der Waals surface area contributed by atoms with Crippen LogP contribution in [0.15, 0.2) is 56.4 Å². The van der Waals surface area contributed by atoms with Crippen molar-refractivity contribution in [3.05, 3.63) is 68.7 Å². The van der Waals surface area contributed by atoms with E-state index in [1.165, 1.54) is 37.7 Å². The van der Waals surface area contributed by atoms with Gasteiger partial charge in [0.1, 0.15) is 5.56 Å². The molecule has 8 nitrogen and oxygen atoms in total. The van der Waals surface area contributed by atoms with E-state index in [2.05, 4.69) is 31.8 Å². The summed E-state index contributed by atoms with van der Waals surface area (Å²) in [6.45, 7) is 0. The van der Waals surface area contributed by atoms with Crippen molar-refractivity contribution in [2.75, 3.05) is 7.11 Å². The Kier molecular flexibility index (Phi) is 4.99. The van der Waals surface area contributed by atoms with Gasteiger partial charge < -0.3 is 9.15 Å². The molecule has 0 spiro atoms. The smallest absolute Gasteiger partial charge is 0.349 e. The molecule has 0 radical (unpaired) electrons. The molecule has 2 heterocycles. The molecule has 132 valence electrons. The summed E-state index contributed by atoms with van der Waals surface area (Å²) in [7, 11) is 1.44. The maximum Gasteiger partial charge on any atom is 0.349 e. The number of hydrogen-bond acceptors (Lipinski definition) is 6. The third-order valence-electron chi connectivity index (χ3n) is 3.46. The third kappa shape index (κ3) is 3.57. The fraction of sp³-hybridized carbons (Fsp3) is 0.0588. The topological polar surface area (TPSA) is 111 Å². The molecule has 0 bridgehead atoms. The second-order valence-corrected chi connectivity index (χ2v) is 6.03. The summed E-state index contributed by atoms with van der Waals surface area (Å²) in [5.74, 6) is -0.998. The normalized spacial score (nSPS) is 10.4. The van der Waals surface area contributed by atoms with Gasteiger partial charge in [0.25, 0.3) is 11.8 Å². The summed E-state index contributed by atoms with van der Waals surface area (Å²) in [5, 5.41) is 0.487. The van der Waals surface area contributed by atoms with E-state index in [1.54, 1.807) is 12.1 Å². The number of methoxy groups -OCH3 is 1. The lowest BCUT2D eigenvalue weighted by Crippen LogP contribution is -2.43. The lowest BCUT2D eigenvalue weighted by atomic mass is 10.1. The van der Waals surface area contributed by atoms with Crippen LogP contribution in [-0.4, -0.2) is 23.9 Å². The first kappa shape index (κ1) is 17.6. The van der Waals surface area contributed by atoms with Crippen LogP contribution >= 0.6 is 15.9 Å². The minimum atomic E-state index is -0.853. The Morgan fingerprint density at radius 1 is 1.12 bits per heavy atom. The first-order valence-corrected chi connectivity index (χ1v) is 8.11. The molecule has 0 aliphatic carbocycles. The van der Waals surface area contributed by atoms with E-state index in [0.29, 0.717) is 21.2 Å². The van der Waals surface area contributed by atoms with Crippen LogP contribution in [0.5, 0.6) is 5.75 Å². The summed E-state index contributed by atoms with van der Waals surface area (Å²) in [4.78, 5) is 40.1. The molecule has 1 aromatic carbocycles. The van der Waals surface area contributed by atoms with E-state index in [0.717, 1.165) is 0 Å². The number of fused-ring (bicyclic) bond motifs is 1. The molecule has 2 N–H and O–H groups in total. The second-order valence-electron chi connectivity index (χ2n) is 5.12. The SMILES string of the molecule is COc1cc(Br)cc2cc(C(=O)NNC(=O)c3ccncc3)c(=O)oc12. The Bertz CT molecular complexity index is 1050. The molecule has 2 amide bonds. The summed E-state index contributed by atoms with van der Waals surface area (Å²) in [6, 6.07) is 7.64. The largest absolute Gasteiger partial charge is 0.493 e. The van der Waals surface area contributed by atoms with Crippen LogP contribution in [0.25, 0.3) is 11.0 Å². The average molecular weight is 418 g/mol. The van der Waals surface area contributed by atoms with Crippen molar-refractivity contribution < 1.29 is 18.7 Å². The minimum Gasteiger partial charge on any atom is -0.493 e. The predicted octanol–water partition coefficient (Wildman–Crippen LogP) is 2.03. The van der Waals surface area contributed by atoms with Gasteiger partial charge in [-0.15, -0.1) is 0 Å². The quantitative estimate of drug-likeness (QED) is 0.498. The van der Waals surface area contributed by atoms with E-state index < -0.39 is 17.4 Å². The summed E-state index contributed by atoms with van der Waals surface area (Å²) in [6.07, 6.45) is 2.89. The molecule has 9 heteroatoms. The van der Waals surface area contributed by atoms with Crippen molar-refractivity contribution in [2.45, 2.75) is 0 Å². The monoisotopic (exact) mass is 417 g/mol. The fourth-order valence-electron chi connectivity index (χ4n) is 2.23. The number of carbonyl (C=O) groups is 2. The molecule has 0 fully saturated rings. The van der Waals surface area contributed by atoms with Gasteiger partial charge in [-0.05, 0) is 30.3 Å². The zero-order valence-corrected chi connectivity index (χ0v) is 15.0. The van der Waals surface area contributed by atoms with E-state index in [9.17, 15) is 14.4 Å². The lowest BCUT2D eigenvalue weighted by molar-refractivity contribution is 0.0844. The van der Waals surface area contributed by atoms with Crippen molar-refractivity contribution in [3.63, 3.8) is 0 Å². The molecule has 26 heavy (non-hydrogen) atoms. The van der Waals surface area contributed by atoms with Crippen LogP contribution in [0.1, 0.15) is 20.7 Å². The van der Waals surface area contributed by atoms with Crippen LogP contribution in [0, 0.1) is 0 Å². The number of benzene rings is 1. The zero-order chi connectivity index (χ0) is 18.7. The third-order valence-corrected chi connectivity index (χ3v) is 3.92. The van der Waals surface area contributed by atoms with Crippen LogP contribution in [0.4, 0.5) is 0 Å². The van der Waals surface area contributed by atoms with Crippen LogP contribution < -0.4 is 21.2 Å². The molecule has 0 atom stereocenters. The Labute approximate surface area is 155 Å². The van der Waals surface area contributed by atoms with E-state index in [1.807, 2.05) is 0 Å². The maximum atomic E-state index is 12.2.